The van der Waals surface area contributed by atoms with Gasteiger partial charge in [-0.05, 0) is 31.5 Å². The third kappa shape index (κ3) is 5.61. The van der Waals surface area contributed by atoms with Crippen LogP contribution in [-0.2, 0) is 9.59 Å². The van der Waals surface area contributed by atoms with Crippen LogP contribution in [0.2, 0.25) is 0 Å². The zero-order valence-corrected chi connectivity index (χ0v) is 15.1. The third-order valence-corrected chi connectivity index (χ3v) is 4.60. The predicted molar refractivity (Wildman–Crippen MR) is 97.9 cm³/mol. The van der Waals surface area contributed by atoms with Crippen molar-refractivity contribution in [1.82, 2.24) is 15.5 Å². The molecule has 138 valence electrons. The van der Waals surface area contributed by atoms with Crippen molar-refractivity contribution in [1.29, 1.82) is 0 Å². The van der Waals surface area contributed by atoms with Gasteiger partial charge in [-0.25, -0.2) is 0 Å². The lowest BCUT2D eigenvalue weighted by Gasteiger charge is -2.24. The molecular formula is C18H26ClN3O3. The highest BCUT2D eigenvalue weighted by Gasteiger charge is 2.32. The summed E-state index contributed by atoms with van der Waals surface area (Å²) in [5, 5.41) is 6.28. The second kappa shape index (κ2) is 9.63. The van der Waals surface area contributed by atoms with Gasteiger partial charge >= 0.3 is 0 Å². The average molecular weight is 368 g/mol. The monoisotopic (exact) mass is 367 g/mol. The highest BCUT2D eigenvalue weighted by Crippen LogP contribution is 2.15. The molecule has 0 bridgehead atoms. The number of para-hydroxylation sites is 1. The minimum atomic E-state index is -0.0800. The van der Waals surface area contributed by atoms with E-state index in [1.165, 1.54) is 0 Å². The van der Waals surface area contributed by atoms with Gasteiger partial charge in [-0.1, -0.05) is 18.2 Å². The van der Waals surface area contributed by atoms with Crippen LogP contribution in [-0.4, -0.2) is 55.5 Å². The van der Waals surface area contributed by atoms with Gasteiger partial charge in [0.25, 0.3) is 0 Å². The second-order valence-electron chi connectivity index (χ2n) is 6.45. The molecule has 2 aliphatic heterocycles. The van der Waals surface area contributed by atoms with E-state index in [1.807, 2.05) is 30.3 Å². The third-order valence-electron chi connectivity index (χ3n) is 4.60. The number of halogens is 1. The van der Waals surface area contributed by atoms with E-state index >= 15 is 0 Å². The first kappa shape index (κ1) is 19.5. The summed E-state index contributed by atoms with van der Waals surface area (Å²) >= 11 is 0. The Kier molecular flexibility index (Phi) is 7.52. The maximum Gasteiger partial charge on any atom is 0.224 e. The number of piperidine rings is 1. The minimum Gasteiger partial charge on any atom is -0.492 e. The van der Waals surface area contributed by atoms with Crippen molar-refractivity contribution >= 4 is 24.2 Å². The fourth-order valence-corrected chi connectivity index (χ4v) is 3.27. The summed E-state index contributed by atoms with van der Waals surface area (Å²) in [7, 11) is 0. The molecular weight excluding hydrogens is 342 g/mol. The first-order valence-corrected chi connectivity index (χ1v) is 8.69. The number of hydrogen-bond donors (Lipinski definition) is 2. The van der Waals surface area contributed by atoms with Crippen LogP contribution in [0.15, 0.2) is 30.3 Å². The summed E-state index contributed by atoms with van der Waals surface area (Å²) in [6.07, 6.45) is 2.34. The van der Waals surface area contributed by atoms with Crippen molar-refractivity contribution < 1.29 is 14.3 Å². The van der Waals surface area contributed by atoms with E-state index in [4.69, 9.17) is 4.74 Å². The Morgan fingerprint density at radius 3 is 2.84 bits per heavy atom. The number of rotatable bonds is 6. The molecule has 2 atom stereocenters. The Hall–Kier alpha value is -1.79. The molecule has 1 aromatic carbocycles. The largest absolute Gasteiger partial charge is 0.492 e. The van der Waals surface area contributed by atoms with Crippen molar-refractivity contribution in [3.63, 3.8) is 0 Å². The number of likely N-dealkylation sites (tertiary alicyclic amines) is 1. The maximum absolute atomic E-state index is 12.3. The zero-order chi connectivity index (χ0) is 16.8. The number of nitrogens with one attached hydrogen (secondary N) is 2. The van der Waals surface area contributed by atoms with E-state index in [9.17, 15) is 9.59 Å². The molecule has 2 amide bonds. The van der Waals surface area contributed by atoms with Crippen LogP contribution in [0, 0.1) is 5.92 Å². The Bertz CT molecular complexity index is 564. The fourth-order valence-electron chi connectivity index (χ4n) is 3.27. The van der Waals surface area contributed by atoms with Crippen molar-refractivity contribution in [2.45, 2.75) is 25.3 Å². The van der Waals surface area contributed by atoms with Crippen LogP contribution in [0.5, 0.6) is 5.75 Å². The number of carbonyl (C=O) groups is 2. The first-order chi connectivity index (χ1) is 11.7. The average Bonchev–Trinajstić information content (AvgIpc) is 2.96. The topological polar surface area (TPSA) is 70.7 Å². The highest BCUT2D eigenvalue weighted by atomic mass is 35.5. The molecule has 2 N–H and O–H groups in total. The van der Waals surface area contributed by atoms with Gasteiger partial charge in [0.15, 0.2) is 0 Å². The van der Waals surface area contributed by atoms with Crippen LogP contribution in [0.4, 0.5) is 0 Å². The Morgan fingerprint density at radius 1 is 1.32 bits per heavy atom. The molecule has 7 heteroatoms. The SMILES string of the molecule is Cl.O=C(NC1CC(=O)N(CCOc2ccccc2)C1)C1CCCNC1. The summed E-state index contributed by atoms with van der Waals surface area (Å²) in [6, 6.07) is 9.49. The quantitative estimate of drug-likeness (QED) is 0.792. The summed E-state index contributed by atoms with van der Waals surface area (Å²) in [4.78, 5) is 26.1. The molecule has 2 saturated heterocycles. The molecule has 0 aliphatic carbocycles. The van der Waals surface area contributed by atoms with Crippen molar-refractivity contribution in [3.05, 3.63) is 30.3 Å². The molecule has 0 spiro atoms. The number of hydrogen-bond acceptors (Lipinski definition) is 4. The van der Waals surface area contributed by atoms with Gasteiger partial charge in [0, 0.05) is 19.5 Å². The zero-order valence-electron chi connectivity index (χ0n) is 14.3. The summed E-state index contributed by atoms with van der Waals surface area (Å²) in [5.41, 5.74) is 0. The van der Waals surface area contributed by atoms with Gasteiger partial charge in [-0.15, -0.1) is 12.4 Å². The van der Waals surface area contributed by atoms with Crippen LogP contribution in [0.1, 0.15) is 19.3 Å². The van der Waals surface area contributed by atoms with Crippen molar-refractivity contribution in [2.75, 3.05) is 32.8 Å². The van der Waals surface area contributed by atoms with E-state index in [0.29, 0.717) is 26.1 Å². The van der Waals surface area contributed by atoms with Crippen molar-refractivity contribution in [2.24, 2.45) is 5.92 Å². The predicted octanol–water partition coefficient (Wildman–Crippen LogP) is 1.20. The Morgan fingerprint density at radius 2 is 2.12 bits per heavy atom. The van der Waals surface area contributed by atoms with Crippen LogP contribution in [0.3, 0.4) is 0 Å². The molecule has 0 aromatic heterocycles. The van der Waals surface area contributed by atoms with Gasteiger partial charge in [0.05, 0.1) is 18.5 Å². The maximum atomic E-state index is 12.3. The molecule has 25 heavy (non-hydrogen) atoms. The summed E-state index contributed by atoms with van der Waals surface area (Å²) in [6.45, 7) is 3.30. The summed E-state index contributed by atoms with van der Waals surface area (Å²) in [5.74, 6) is 0.990. The van der Waals surface area contributed by atoms with Crippen LogP contribution in [0.25, 0.3) is 0 Å². The Labute approximate surface area is 154 Å². The molecule has 3 rings (SSSR count). The first-order valence-electron chi connectivity index (χ1n) is 8.69. The number of benzene rings is 1. The molecule has 0 radical (unpaired) electrons. The minimum absolute atomic E-state index is 0. The highest BCUT2D eigenvalue weighted by molar-refractivity contribution is 5.85. The van der Waals surface area contributed by atoms with E-state index in [-0.39, 0.29) is 36.2 Å². The molecule has 6 nitrogen and oxygen atoms in total. The number of nitrogens with zero attached hydrogens (tertiary/aromatic N) is 1. The molecule has 0 saturated carbocycles. The van der Waals surface area contributed by atoms with Crippen LogP contribution < -0.4 is 15.4 Å². The van der Waals surface area contributed by atoms with Gasteiger partial charge < -0.3 is 20.3 Å². The number of ether oxygens (including phenoxy) is 1. The lowest BCUT2D eigenvalue weighted by atomic mass is 9.98. The lowest BCUT2D eigenvalue weighted by molar-refractivity contribution is -0.128. The lowest BCUT2D eigenvalue weighted by Crippen LogP contribution is -2.45. The molecule has 2 aliphatic rings. The normalized spacial score (nSPS) is 23.0. The second-order valence-corrected chi connectivity index (χ2v) is 6.45. The Balaban J connectivity index is 0.00000225. The fraction of sp³-hybridized carbons (Fsp3) is 0.556. The van der Waals surface area contributed by atoms with Crippen LogP contribution >= 0.6 is 12.4 Å². The van der Waals surface area contributed by atoms with Crippen molar-refractivity contribution in [3.8, 4) is 5.75 Å². The standard InChI is InChI=1S/C18H25N3O3.ClH/c22-17-11-15(20-18(23)14-5-4-8-19-12-14)13-21(17)9-10-24-16-6-2-1-3-7-16;/h1-3,6-7,14-15,19H,4-5,8-13H2,(H,20,23);1H. The molecule has 1 aromatic rings. The van der Waals surface area contributed by atoms with Gasteiger partial charge in [-0.3, -0.25) is 9.59 Å². The van der Waals surface area contributed by atoms with E-state index in [1.54, 1.807) is 4.90 Å². The smallest absolute Gasteiger partial charge is 0.224 e. The summed E-state index contributed by atoms with van der Waals surface area (Å²) < 4.78 is 5.64. The van der Waals surface area contributed by atoms with Gasteiger partial charge in [0.2, 0.25) is 11.8 Å². The molecule has 2 unspecified atom stereocenters. The number of amides is 2. The van der Waals surface area contributed by atoms with E-state index < -0.39 is 0 Å². The molecule has 2 heterocycles. The van der Waals surface area contributed by atoms with E-state index in [2.05, 4.69) is 10.6 Å². The van der Waals surface area contributed by atoms with E-state index in [0.717, 1.165) is 31.7 Å². The molecule has 2 fully saturated rings. The van der Waals surface area contributed by atoms with Gasteiger partial charge in [0.1, 0.15) is 12.4 Å². The number of carbonyl (C=O) groups excluding carboxylic acids is 2. The van der Waals surface area contributed by atoms with Gasteiger partial charge in [-0.2, -0.15) is 0 Å².